The van der Waals surface area contributed by atoms with E-state index in [1.807, 2.05) is 6.07 Å². The van der Waals surface area contributed by atoms with Crippen LogP contribution < -0.4 is 16.0 Å². The number of aromatic nitrogens is 1. The van der Waals surface area contributed by atoms with E-state index in [-0.39, 0.29) is 6.04 Å². The van der Waals surface area contributed by atoms with Crippen LogP contribution in [0.2, 0.25) is 0 Å². The van der Waals surface area contributed by atoms with Crippen molar-refractivity contribution < 1.29 is 0 Å². The van der Waals surface area contributed by atoms with E-state index in [0.29, 0.717) is 29.5 Å². The minimum absolute atomic E-state index is 0.0748. The van der Waals surface area contributed by atoms with Gasteiger partial charge in [0.1, 0.15) is 23.5 Å². The minimum atomic E-state index is 0.0748. The molecule has 27 heavy (non-hydrogen) atoms. The predicted octanol–water partition coefficient (Wildman–Crippen LogP) is 1.41. The molecule has 7 nitrogen and oxygen atoms in total. The summed E-state index contributed by atoms with van der Waals surface area (Å²) in [7, 11) is 0. The number of rotatable bonds is 8. The van der Waals surface area contributed by atoms with Crippen LogP contribution in [0.25, 0.3) is 0 Å². The SMILES string of the molecule is CCNC(C#Cc1cccc(C#N)n1)CCCCNC1=C(C#N)NCC=N1. The van der Waals surface area contributed by atoms with Gasteiger partial charge in [0, 0.05) is 12.8 Å². The van der Waals surface area contributed by atoms with Crippen LogP contribution in [0.4, 0.5) is 0 Å². The molecular formula is C20H23N7. The molecular weight excluding hydrogens is 338 g/mol. The number of hydrogen-bond acceptors (Lipinski definition) is 7. The second kappa shape index (κ2) is 11.3. The van der Waals surface area contributed by atoms with E-state index in [2.05, 4.69) is 50.8 Å². The standard InChI is InChI=1S/C20H23N7/c1-2-23-16(9-10-17-7-5-8-18(14-21)27-17)6-3-4-11-25-20-19(15-22)24-12-13-26-20/h5,7-8,13,16,23-25H,2-4,6,11-12H2,1H3. The number of nitrogens with zero attached hydrogens (tertiary/aromatic N) is 4. The normalized spacial score (nSPS) is 13.6. The van der Waals surface area contributed by atoms with Gasteiger partial charge in [-0.25, -0.2) is 9.98 Å². The maximum absolute atomic E-state index is 9.05. The first kappa shape index (κ1) is 20.0. The van der Waals surface area contributed by atoms with E-state index in [1.165, 1.54) is 0 Å². The lowest BCUT2D eigenvalue weighted by molar-refractivity contribution is 0.543. The third-order valence-corrected chi connectivity index (χ3v) is 3.84. The van der Waals surface area contributed by atoms with Gasteiger partial charge in [-0.3, -0.25) is 0 Å². The van der Waals surface area contributed by atoms with Crippen molar-refractivity contribution in [1.82, 2.24) is 20.9 Å². The number of nitriles is 2. The number of aliphatic imine (C=N–C) groups is 1. The molecule has 0 saturated heterocycles. The molecule has 138 valence electrons. The summed E-state index contributed by atoms with van der Waals surface area (Å²) in [6, 6.07) is 9.47. The quantitative estimate of drug-likeness (QED) is 0.477. The van der Waals surface area contributed by atoms with Gasteiger partial charge in [-0.05, 0) is 43.9 Å². The Labute approximate surface area is 160 Å². The third kappa shape index (κ3) is 6.82. The Morgan fingerprint density at radius 2 is 2.07 bits per heavy atom. The van der Waals surface area contributed by atoms with E-state index in [0.717, 1.165) is 32.4 Å². The van der Waals surface area contributed by atoms with Crippen LogP contribution in [0.5, 0.6) is 0 Å². The summed E-state index contributed by atoms with van der Waals surface area (Å²) in [6.45, 7) is 4.22. The van der Waals surface area contributed by atoms with Crippen LogP contribution in [0, 0.1) is 34.5 Å². The Morgan fingerprint density at radius 1 is 1.22 bits per heavy atom. The maximum atomic E-state index is 9.05. The molecule has 0 radical (unpaired) electrons. The van der Waals surface area contributed by atoms with Gasteiger partial charge in [0.05, 0.1) is 12.6 Å². The van der Waals surface area contributed by atoms with E-state index in [4.69, 9.17) is 10.5 Å². The first-order valence-electron chi connectivity index (χ1n) is 9.03. The van der Waals surface area contributed by atoms with Crippen LogP contribution in [0.15, 0.2) is 34.7 Å². The van der Waals surface area contributed by atoms with Gasteiger partial charge in [-0.1, -0.05) is 18.9 Å². The maximum Gasteiger partial charge on any atom is 0.160 e. The molecule has 0 fully saturated rings. The van der Waals surface area contributed by atoms with Gasteiger partial charge in [-0.2, -0.15) is 10.5 Å². The molecule has 7 heteroatoms. The highest BCUT2D eigenvalue weighted by Gasteiger charge is 2.08. The zero-order valence-corrected chi connectivity index (χ0v) is 15.4. The molecule has 1 aliphatic rings. The molecule has 1 atom stereocenters. The molecule has 3 N–H and O–H groups in total. The highest BCUT2D eigenvalue weighted by atomic mass is 15.1. The lowest BCUT2D eigenvalue weighted by Crippen LogP contribution is -2.28. The smallest absolute Gasteiger partial charge is 0.160 e. The third-order valence-electron chi connectivity index (χ3n) is 3.84. The van der Waals surface area contributed by atoms with Crippen LogP contribution in [-0.2, 0) is 0 Å². The van der Waals surface area contributed by atoms with Crippen molar-refractivity contribution in [2.45, 2.75) is 32.2 Å². The van der Waals surface area contributed by atoms with Crippen LogP contribution in [-0.4, -0.2) is 36.9 Å². The molecule has 0 aliphatic carbocycles. The van der Waals surface area contributed by atoms with Crippen LogP contribution in [0.3, 0.4) is 0 Å². The summed E-state index contributed by atoms with van der Waals surface area (Å²) in [6.07, 6.45) is 4.59. The van der Waals surface area contributed by atoms with Gasteiger partial charge in [0.15, 0.2) is 11.5 Å². The van der Waals surface area contributed by atoms with Crippen LogP contribution in [0.1, 0.15) is 37.6 Å². The molecule has 0 saturated carbocycles. The molecule has 0 bridgehead atoms. The fraction of sp³-hybridized carbons (Fsp3) is 0.400. The number of allylic oxidation sites excluding steroid dienone is 1. The van der Waals surface area contributed by atoms with E-state index in [9.17, 15) is 0 Å². The van der Waals surface area contributed by atoms with Gasteiger partial charge < -0.3 is 16.0 Å². The van der Waals surface area contributed by atoms with Crippen molar-refractivity contribution in [3.63, 3.8) is 0 Å². The highest BCUT2D eigenvalue weighted by molar-refractivity contribution is 5.64. The summed E-state index contributed by atoms with van der Waals surface area (Å²) >= 11 is 0. The number of nitrogens with one attached hydrogen (secondary N) is 3. The fourth-order valence-electron chi connectivity index (χ4n) is 2.54. The Kier molecular flexibility index (Phi) is 8.37. The second-order valence-electron chi connectivity index (χ2n) is 5.85. The first-order valence-corrected chi connectivity index (χ1v) is 9.03. The first-order chi connectivity index (χ1) is 13.3. The van der Waals surface area contributed by atoms with E-state index >= 15 is 0 Å². The number of hydrogen-bond donors (Lipinski definition) is 3. The Hall–Kier alpha value is -3.34. The lowest BCUT2D eigenvalue weighted by atomic mass is 10.1. The zero-order chi connectivity index (χ0) is 19.3. The molecule has 0 spiro atoms. The van der Waals surface area contributed by atoms with E-state index in [1.54, 1.807) is 24.4 Å². The van der Waals surface area contributed by atoms with Gasteiger partial charge in [0.25, 0.3) is 0 Å². The largest absolute Gasteiger partial charge is 0.368 e. The van der Waals surface area contributed by atoms with E-state index < -0.39 is 0 Å². The average molecular weight is 361 g/mol. The van der Waals surface area contributed by atoms with Crippen molar-refractivity contribution in [2.24, 2.45) is 4.99 Å². The van der Waals surface area contributed by atoms with Gasteiger partial charge >= 0.3 is 0 Å². The van der Waals surface area contributed by atoms with Crippen molar-refractivity contribution in [3.05, 3.63) is 41.1 Å². The summed E-state index contributed by atoms with van der Waals surface area (Å²) in [5.41, 5.74) is 1.47. The molecule has 1 unspecified atom stereocenters. The second-order valence-corrected chi connectivity index (χ2v) is 5.85. The summed E-state index contributed by atoms with van der Waals surface area (Å²) in [5.74, 6) is 6.86. The Balaban J connectivity index is 1.81. The van der Waals surface area contributed by atoms with Crippen molar-refractivity contribution in [1.29, 1.82) is 10.5 Å². The molecule has 0 aromatic carbocycles. The summed E-state index contributed by atoms with van der Waals surface area (Å²) in [4.78, 5) is 8.39. The van der Waals surface area contributed by atoms with Crippen molar-refractivity contribution >= 4 is 6.21 Å². The van der Waals surface area contributed by atoms with Crippen molar-refractivity contribution in [3.8, 4) is 24.0 Å². The minimum Gasteiger partial charge on any atom is -0.368 e. The monoisotopic (exact) mass is 361 g/mol. The average Bonchev–Trinajstić information content (AvgIpc) is 2.72. The van der Waals surface area contributed by atoms with Gasteiger partial charge in [-0.15, -0.1) is 0 Å². The number of pyridine rings is 1. The molecule has 0 amide bonds. The molecule has 2 rings (SSSR count). The Bertz CT molecular complexity index is 830. The zero-order valence-electron chi connectivity index (χ0n) is 15.4. The van der Waals surface area contributed by atoms with Crippen molar-refractivity contribution in [2.75, 3.05) is 19.6 Å². The highest BCUT2D eigenvalue weighted by Crippen LogP contribution is 2.05. The number of unbranched alkanes of at least 4 members (excludes halogenated alkanes) is 1. The summed E-state index contributed by atoms with van der Waals surface area (Å²) < 4.78 is 0. The predicted molar refractivity (Wildman–Crippen MR) is 104 cm³/mol. The van der Waals surface area contributed by atoms with Crippen LogP contribution >= 0.6 is 0 Å². The lowest BCUT2D eigenvalue weighted by Gasteiger charge is -2.14. The molecule has 2 heterocycles. The molecule has 1 aliphatic heterocycles. The topological polar surface area (TPSA) is 109 Å². The fourth-order valence-corrected chi connectivity index (χ4v) is 2.54. The molecule has 1 aromatic rings. The summed E-state index contributed by atoms with van der Waals surface area (Å²) in [5, 5.41) is 27.5. The van der Waals surface area contributed by atoms with Gasteiger partial charge in [0.2, 0.25) is 0 Å². The Morgan fingerprint density at radius 3 is 2.85 bits per heavy atom. The molecule has 1 aromatic heterocycles.